The number of ether oxygens (including phenoxy) is 1. The lowest BCUT2D eigenvalue weighted by Gasteiger charge is -2.34. The van der Waals surface area contributed by atoms with E-state index < -0.39 is 0 Å². The van der Waals surface area contributed by atoms with E-state index in [1.54, 1.807) is 17.0 Å². The first-order valence-corrected chi connectivity index (χ1v) is 8.58. The minimum atomic E-state index is -0.377. The summed E-state index contributed by atoms with van der Waals surface area (Å²) in [7, 11) is 0. The Morgan fingerprint density at radius 2 is 1.84 bits per heavy atom. The van der Waals surface area contributed by atoms with Crippen molar-refractivity contribution in [3.8, 4) is 5.75 Å². The molecule has 25 heavy (non-hydrogen) atoms. The molecular formula is C20H23FN2O2. The van der Waals surface area contributed by atoms with Crippen LogP contribution in [0.5, 0.6) is 5.75 Å². The van der Waals surface area contributed by atoms with Crippen molar-refractivity contribution in [1.29, 1.82) is 0 Å². The maximum atomic E-state index is 13.3. The molecule has 1 saturated heterocycles. The van der Waals surface area contributed by atoms with Gasteiger partial charge in [0.2, 0.25) is 0 Å². The molecule has 0 radical (unpaired) electrons. The fraction of sp³-hybridized carbons (Fsp3) is 0.350. The van der Waals surface area contributed by atoms with Gasteiger partial charge in [0.05, 0.1) is 0 Å². The van der Waals surface area contributed by atoms with E-state index in [0.717, 1.165) is 25.4 Å². The number of halogens is 1. The summed E-state index contributed by atoms with van der Waals surface area (Å²) in [6.45, 7) is 6.41. The van der Waals surface area contributed by atoms with Gasteiger partial charge in [-0.3, -0.25) is 9.69 Å². The highest BCUT2D eigenvalue weighted by atomic mass is 19.1. The summed E-state index contributed by atoms with van der Waals surface area (Å²) >= 11 is 0. The number of benzene rings is 2. The number of carbonyl (C=O) groups excluding carboxylic acids is 1. The van der Waals surface area contributed by atoms with Gasteiger partial charge in [0.15, 0.2) is 0 Å². The summed E-state index contributed by atoms with van der Waals surface area (Å²) in [5.74, 6) is 0.410. The van der Waals surface area contributed by atoms with Crippen LogP contribution in [-0.4, -0.2) is 55.0 Å². The highest BCUT2D eigenvalue weighted by Gasteiger charge is 2.22. The summed E-state index contributed by atoms with van der Waals surface area (Å²) < 4.78 is 19.1. The fourth-order valence-corrected chi connectivity index (χ4v) is 2.98. The molecule has 1 heterocycles. The zero-order chi connectivity index (χ0) is 17.6. The minimum absolute atomic E-state index is 0.102. The van der Waals surface area contributed by atoms with Crippen LogP contribution in [0.2, 0.25) is 0 Å². The molecule has 1 amide bonds. The number of hydrogen-bond acceptors (Lipinski definition) is 3. The number of nitrogens with zero attached hydrogens (tertiary/aromatic N) is 2. The Morgan fingerprint density at radius 3 is 2.56 bits per heavy atom. The molecule has 0 unspecified atom stereocenters. The van der Waals surface area contributed by atoms with Crippen LogP contribution in [0.4, 0.5) is 4.39 Å². The van der Waals surface area contributed by atoms with Gasteiger partial charge in [-0.05, 0) is 42.8 Å². The molecule has 4 nitrogen and oxygen atoms in total. The molecule has 0 saturated carbocycles. The summed E-state index contributed by atoms with van der Waals surface area (Å²) in [4.78, 5) is 16.5. The quantitative estimate of drug-likeness (QED) is 0.837. The van der Waals surface area contributed by atoms with Gasteiger partial charge in [-0.2, -0.15) is 0 Å². The van der Waals surface area contributed by atoms with Crippen LogP contribution in [0.3, 0.4) is 0 Å². The minimum Gasteiger partial charge on any atom is -0.492 e. The molecule has 2 aromatic rings. The van der Waals surface area contributed by atoms with Gasteiger partial charge in [0.25, 0.3) is 5.91 Å². The average Bonchev–Trinajstić information content (AvgIpc) is 2.62. The topological polar surface area (TPSA) is 32.8 Å². The zero-order valence-corrected chi connectivity index (χ0v) is 14.5. The van der Waals surface area contributed by atoms with E-state index in [0.29, 0.717) is 25.3 Å². The maximum absolute atomic E-state index is 13.3. The highest BCUT2D eigenvalue weighted by Crippen LogP contribution is 2.13. The molecule has 1 fully saturated rings. The summed E-state index contributed by atoms with van der Waals surface area (Å²) in [5, 5.41) is 0. The summed E-state index contributed by atoms with van der Waals surface area (Å²) in [5.41, 5.74) is 1.60. The number of rotatable bonds is 5. The Labute approximate surface area is 147 Å². The first-order valence-electron chi connectivity index (χ1n) is 8.58. The largest absolute Gasteiger partial charge is 0.492 e. The zero-order valence-electron chi connectivity index (χ0n) is 14.5. The highest BCUT2D eigenvalue weighted by molar-refractivity contribution is 5.94. The normalized spacial score (nSPS) is 15.2. The maximum Gasteiger partial charge on any atom is 0.254 e. The predicted molar refractivity (Wildman–Crippen MR) is 95.4 cm³/mol. The summed E-state index contributed by atoms with van der Waals surface area (Å²) in [6, 6.07) is 13.9. The van der Waals surface area contributed by atoms with E-state index in [1.807, 2.05) is 31.2 Å². The smallest absolute Gasteiger partial charge is 0.254 e. The second-order valence-electron chi connectivity index (χ2n) is 6.31. The summed E-state index contributed by atoms with van der Waals surface area (Å²) in [6.07, 6.45) is 0. The lowest BCUT2D eigenvalue weighted by atomic mass is 10.1. The molecule has 5 heteroatoms. The molecule has 0 spiro atoms. The van der Waals surface area contributed by atoms with E-state index in [4.69, 9.17) is 4.74 Å². The van der Waals surface area contributed by atoms with Crippen molar-refractivity contribution in [2.24, 2.45) is 0 Å². The molecule has 0 atom stereocenters. The molecule has 2 aromatic carbocycles. The van der Waals surface area contributed by atoms with E-state index in [9.17, 15) is 9.18 Å². The van der Waals surface area contributed by atoms with Crippen molar-refractivity contribution in [3.63, 3.8) is 0 Å². The van der Waals surface area contributed by atoms with Crippen molar-refractivity contribution < 1.29 is 13.9 Å². The molecule has 1 aliphatic rings. The monoisotopic (exact) mass is 342 g/mol. The van der Waals surface area contributed by atoms with Gasteiger partial charge in [0.1, 0.15) is 18.2 Å². The van der Waals surface area contributed by atoms with Crippen LogP contribution in [0.1, 0.15) is 15.9 Å². The number of piperazine rings is 1. The lowest BCUT2D eigenvalue weighted by Crippen LogP contribution is -2.49. The van der Waals surface area contributed by atoms with Gasteiger partial charge in [-0.15, -0.1) is 0 Å². The van der Waals surface area contributed by atoms with E-state index in [2.05, 4.69) is 4.90 Å². The molecule has 1 aliphatic heterocycles. The second-order valence-corrected chi connectivity index (χ2v) is 6.31. The molecule has 3 rings (SSSR count). The van der Waals surface area contributed by atoms with Gasteiger partial charge in [-0.1, -0.05) is 18.2 Å². The first kappa shape index (κ1) is 17.4. The van der Waals surface area contributed by atoms with Crippen LogP contribution in [0.15, 0.2) is 48.5 Å². The third kappa shape index (κ3) is 4.79. The average molecular weight is 342 g/mol. The molecule has 0 aromatic heterocycles. The van der Waals surface area contributed by atoms with E-state index in [1.165, 1.54) is 17.7 Å². The molecule has 0 N–H and O–H groups in total. The number of aryl methyl sites for hydroxylation is 1. The molecule has 0 aliphatic carbocycles. The van der Waals surface area contributed by atoms with E-state index >= 15 is 0 Å². The third-order valence-corrected chi connectivity index (χ3v) is 4.40. The van der Waals surface area contributed by atoms with Crippen molar-refractivity contribution in [2.45, 2.75) is 6.92 Å². The molecule has 132 valence electrons. The first-order chi connectivity index (χ1) is 12.1. The Balaban J connectivity index is 1.43. The van der Waals surface area contributed by atoms with Gasteiger partial charge in [-0.25, -0.2) is 4.39 Å². The fourth-order valence-electron chi connectivity index (χ4n) is 2.98. The van der Waals surface area contributed by atoms with Crippen LogP contribution in [0.25, 0.3) is 0 Å². The number of amides is 1. The predicted octanol–water partition coefficient (Wildman–Crippen LogP) is 2.97. The van der Waals surface area contributed by atoms with Crippen LogP contribution >= 0.6 is 0 Å². The van der Waals surface area contributed by atoms with Gasteiger partial charge in [0, 0.05) is 38.3 Å². The number of hydrogen-bond donors (Lipinski definition) is 0. The van der Waals surface area contributed by atoms with Crippen molar-refractivity contribution >= 4 is 5.91 Å². The van der Waals surface area contributed by atoms with Crippen molar-refractivity contribution in [2.75, 3.05) is 39.3 Å². The lowest BCUT2D eigenvalue weighted by molar-refractivity contribution is 0.0620. The second kappa shape index (κ2) is 8.12. The standard InChI is InChI=1S/C20H23FN2O2/c1-16-4-2-7-19(14-16)25-13-12-22-8-10-23(11-9-22)20(24)17-5-3-6-18(21)15-17/h2-7,14-15H,8-13H2,1H3. The Morgan fingerprint density at radius 1 is 1.08 bits per heavy atom. The Bertz CT molecular complexity index is 727. The van der Waals surface area contributed by atoms with Crippen LogP contribution in [0, 0.1) is 12.7 Å². The molecule has 0 bridgehead atoms. The van der Waals surface area contributed by atoms with Crippen molar-refractivity contribution in [3.05, 3.63) is 65.5 Å². The third-order valence-electron chi connectivity index (χ3n) is 4.40. The van der Waals surface area contributed by atoms with E-state index in [-0.39, 0.29) is 11.7 Å². The SMILES string of the molecule is Cc1cccc(OCCN2CCN(C(=O)c3cccc(F)c3)CC2)c1. The van der Waals surface area contributed by atoms with Crippen LogP contribution < -0.4 is 4.74 Å². The Kier molecular flexibility index (Phi) is 5.66. The van der Waals surface area contributed by atoms with Gasteiger partial charge < -0.3 is 9.64 Å². The number of carbonyl (C=O) groups is 1. The van der Waals surface area contributed by atoms with Crippen LogP contribution in [-0.2, 0) is 0 Å². The van der Waals surface area contributed by atoms with Gasteiger partial charge >= 0.3 is 0 Å². The molecular weight excluding hydrogens is 319 g/mol. The Hall–Kier alpha value is -2.40. The van der Waals surface area contributed by atoms with Crippen molar-refractivity contribution in [1.82, 2.24) is 9.80 Å².